The van der Waals surface area contributed by atoms with E-state index in [1.165, 1.54) is 32.2 Å². The van der Waals surface area contributed by atoms with Crippen LogP contribution in [-0.4, -0.2) is 30.3 Å². The average Bonchev–Trinajstić information content (AvgIpc) is 2.37. The maximum atomic E-state index is 11.6. The Morgan fingerprint density at radius 2 is 2.00 bits per heavy atom. The molecule has 1 aromatic carbocycles. The molecule has 0 unspecified atom stereocenters. The Labute approximate surface area is 120 Å². The van der Waals surface area contributed by atoms with Crippen molar-refractivity contribution in [2.45, 2.75) is 12.3 Å². The van der Waals surface area contributed by atoms with E-state index in [4.69, 9.17) is 22.1 Å². The van der Waals surface area contributed by atoms with Gasteiger partial charge in [-0.15, -0.1) is 11.6 Å². The molecular formula is C12H14ClN3O4. The van der Waals surface area contributed by atoms with Crippen LogP contribution in [0.2, 0.25) is 0 Å². The molecule has 0 aromatic heterocycles. The number of hydrogen-bond donors (Lipinski definition) is 3. The maximum absolute atomic E-state index is 11.6. The van der Waals surface area contributed by atoms with E-state index in [1.807, 2.05) is 5.32 Å². The minimum Gasteiger partial charge on any atom is -0.495 e. The van der Waals surface area contributed by atoms with Crippen LogP contribution < -0.4 is 21.1 Å². The van der Waals surface area contributed by atoms with Crippen LogP contribution in [0.1, 0.15) is 17.3 Å². The van der Waals surface area contributed by atoms with Crippen molar-refractivity contribution < 1.29 is 19.1 Å². The van der Waals surface area contributed by atoms with E-state index < -0.39 is 23.2 Å². The average molecular weight is 300 g/mol. The number of primary amides is 1. The Kier molecular flexibility index (Phi) is 5.33. The lowest BCUT2D eigenvalue weighted by Crippen LogP contribution is -2.35. The number of carbonyl (C=O) groups is 3. The van der Waals surface area contributed by atoms with Gasteiger partial charge in [-0.2, -0.15) is 0 Å². The normalized spacial score (nSPS) is 11.3. The van der Waals surface area contributed by atoms with Gasteiger partial charge in [0.05, 0.1) is 12.8 Å². The number of ether oxygens (including phenoxy) is 1. The molecule has 0 aliphatic heterocycles. The largest absolute Gasteiger partial charge is 0.495 e. The van der Waals surface area contributed by atoms with Gasteiger partial charge in [-0.1, -0.05) is 0 Å². The molecule has 0 radical (unpaired) electrons. The summed E-state index contributed by atoms with van der Waals surface area (Å²) in [6.45, 7) is 1.51. The van der Waals surface area contributed by atoms with E-state index in [1.54, 1.807) is 0 Å². The highest BCUT2D eigenvalue weighted by molar-refractivity contribution is 6.32. The molecule has 0 aliphatic carbocycles. The summed E-state index contributed by atoms with van der Waals surface area (Å²) in [5.41, 5.74) is 5.27. The predicted octanol–water partition coefficient (Wildman–Crippen LogP) is 1.07. The SMILES string of the molecule is COc1ccc(C(=O)NC(N)=O)cc1NC(=O)[C@H](C)Cl. The van der Waals surface area contributed by atoms with E-state index in [0.29, 0.717) is 5.75 Å². The van der Waals surface area contributed by atoms with Crippen molar-refractivity contribution in [3.8, 4) is 5.75 Å². The molecule has 0 fully saturated rings. The highest BCUT2D eigenvalue weighted by atomic mass is 35.5. The first-order valence-electron chi connectivity index (χ1n) is 5.59. The smallest absolute Gasteiger partial charge is 0.319 e. The zero-order chi connectivity index (χ0) is 15.3. The van der Waals surface area contributed by atoms with Crippen LogP contribution in [0.15, 0.2) is 18.2 Å². The highest BCUT2D eigenvalue weighted by Gasteiger charge is 2.15. The first-order chi connectivity index (χ1) is 9.35. The van der Waals surface area contributed by atoms with E-state index in [2.05, 4.69) is 5.32 Å². The molecule has 0 saturated carbocycles. The number of benzene rings is 1. The third-order valence-electron chi connectivity index (χ3n) is 2.32. The van der Waals surface area contributed by atoms with Crippen molar-refractivity contribution in [2.75, 3.05) is 12.4 Å². The van der Waals surface area contributed by atoms with Gasteiger partial charge >= 0.3 is 6.03 Å². The Morgan fingerprint density at radius 1 is 1.35 bits per heavy atom. The number of rotatable bonds is 4. The summed E-state index contributed by atoms with van der Waals surface area (Å²) < 4.78 is 5.06. The van der Waals surface area contributed by atoms with Crippen molar-refractivity contribution in [1.29, 1.82) is 0 Å². The number of alkyl halides is 1. The van der Waals surface area contributed by atoms with E-state index in [-0.39, 0.29) is 11.3 Å². The topological polar surface area (TPSA) is 111 Å². The molecule has 4 amide bonds. The standard InChI is InChI=1S/C12H14ClN3O4/c1-6(13)10(17)15-8-5-7(3-4-9(8)20-2)11(18)16-12(14)19/h3-6H,1-2H3,(H,15,17)(H3,14,16,18,19)/t6-/m0/s1. The number of nitrogens with two attached hydrogens (primary N) is 1. The first-order valence-corrected chi connectivity index (χ1v) is 6.02. The van der Waals surface area contributed by atoms with Crippen LogP contribution in [0, 0.1) is 0 Å². The maximum Gasteiger partial charge on any atom is 0.319 e. The molecule has 0 spiro atoms. The van der Waals surface area contributed by atoms with Crippen LogP contribution >= 0.6 is 11.6 Å². The van der Waals surface area contributed by atoms with Crippen molar-refractivity contribution in [2.24, 2.45) is 5.73 Å². The third-order valence-corrected chi connectivity index (χ3v) is 2.52. The second-order valence-electron chi connectivity index (χ2n) is 3.84. The van der Waals surface area contributed by atoms with Crippen LogP contribution in [0.5, 0.6) is 5.75 Å². The fourth-order valence-corrected chi connectivity index (χ4v) is 1.42. The lowest BCUT2D eigenvalue weighted by molar-refractivity contribution is -0.115. The highest BCUT2D eigenvalue weighted by Crippen LogP contribution is 2.26. The van der Waals surface area contributed by atoms with Crippen LogP contribution in [0.25, 0.3) is 0 Å². The summed E-state index contributed by atoms with van der Waals surface area (Å²) in [5.74, 6) is -0.779. The van der Waals surface area contributed by atoms with Gasteiger partial charge in [0.15, 0.2) is 0 Å². The zero-order valence-corrected chi connectivity index (χ0v) is 11.7. The van der Waals surface area contributed by atoms with Crippen LogP contribution in [-0.2, 0) is 4.79 Å². The van der Waals surface area contributed by atoms with Gasteiger partial charge < -0.3 is 15.8 Å². The number of hydrogen-bond acceptors (Lipinski definition) is 4. The molecule has 8 heteroatoms. The van der Waals surface area contributed by atoms with Crippen molar-refractivity contribution >= 4 is 35.1 Å². The van der Waals surface area contributed by atoms with Crippen LogP contribution in [0.4, 0.5) is 10.5 Å². The Hall–Kier alpha value is -2.28. The fraction of sp³-hybridized carbons (Fsp3) is 0.250. The number of nitrogens with one attached hydrogen (secondary N) is 2. The molecule has 0 aliphatic rings. The summed E-state index contributed by atoms with van der Waals surface area (Å²) in [4.78, 5) is 33.8. The monoisotopic (exact) mass is 299 g/mol. The summed E-state index contributed by atoms with van der Waals surface area (Å²) in [7, 11) is 1.41. The molecule has 0 bridgehead atoms. The molecule has 7 nitrogen and oxygen atoms in total. The zero-order valence-electron chi connectivity index (χ0n) is 10.9. The van der Waals surface area contributed by atoms with Gasteiger partial charge in [-0.05, 0) is 25.1 Å². The molecule has 0 heterocycles. The molecule has 1 atom stereocenters. The van der Waals surface area contributed by atoms with Gasteiger partial charge in [0.2, 0.25) is 5.91 Å². The quantitative estimate of drug-likeness (QED) is 0.722. The van der Waals surface area contributed by atoms with E-state index in [0.717, 1.165) is 0 Å². The number of anilines is 1. The summed E-state index contributed by atoms with van der Waals surface area (Å²) >= 11 is 5.65. The van der Waals surface area contributed by atoms with Gasteiger partial charge in [0.1, 0.15) is 11.1 Å². The number of carbonyl (C=O) groups excluding carboxylic acids is 3. The van der Waals surface area contributed by atoms with Crippen molar-refractivity contribution in [3.05, 3.63) is 23.8 Å². The Balaban J connectivity index is 3.05. The van der Waals surface area contributed by atoms with E-state index in [9.17, 15) is 14.4 Å². The molecule has 0 saturated heterocycles. The summed E-state index contributed by atoms with van der Waals surface area (Å²) in [6.07, 6.45) is 0. The number of urea groups is 1. The minimum atomic E-state index is -0.967. The third kappa shape index (κ3) is 4.13. The lowest BCUT2D eigenvalue weighted by atomic mass is 10.1. The molecular weight excluding hydrogens is 286 g/mol. The second kappa shape index (κ2) is 6.76. The minimum absolute atomic E-state index is 0.141. The number of halogens is 1. The second-order valence-corrected chi connectivity index (χ2v) is 4.49. The fourth-order valence-electron chi connectivity index (χ4n) is 1.36. The van der Waals surface area contributed by atoms with Crippen LogP contribution in [0.3, 0.4) is 0 Å². The van der Waals surface area contributed by atoms with Crippen molar-refractivity contribution in [3.63, 3.8) is 0 Å². The summed E-state index contributed by atoms with van der Waals surface area (Å²) in [6, 6.07) is 3.29. The number of amides is 4. The Morgan fingerprint density at radius 3 is 2.50 bits per heavy atom. The number of imide groups is 1. The predicted molar refractivity (Wildman–Crippen MR) is 74.0 cm³/mol. The first kappa shape index (κ1) is 15.8. The molecule has 4 N–H and O–H groups in total. The molecule has 1 rings (SSSR count). The van der Waals surface area contributed by atoms with Crippen molar-refractivity contribution in [1.82, 2.24) is 5.32 Å². The Bertz CT molecular complexity index is 546. The van der Waals surface area contributed by atoms with E-state index >= 15 is 0 Å². The van der Waals surface area contributed by atoms with Gasteiger partial charge in [-0.3, -0.25) is 14.9 Å². The lowest BCUT2D eigenvalue weighted by Gasteiger charge is -2.12. The molecule has 1 aromatic rings. The number of methoxy groups -OCH3 is 1. The summed E-state index contributed by atoms with van der Waals surface area (Å²) in [5, 5.41) is 3.69. The van der Waals surface area contributed by atoms with Gasteiger partial charge in [-0.25, -0.2) is 4.79 Å². The van der Waals surface area contributed by atoms with Gasteiger partial charge in [0.25, 0.3) is 5.91 Å². The van der Waals surface area contributed by atoms with Gasteiger partial charge in [0, 0.05) is 5.56 Å². The molecule has 108 valence electrons. The molecule has 20 heavy (non-hydrogen) atoms.